The Hall–Kier alpha value is -2.94. The summed E-state index contributed by atoms with van der Waals surface area (Å²) in [7, 11) is -3.81. The van der Waals surface area contributed by atoms with Crippen LogP contribution in [0, 0.1) is 5.82 Å². The first-order valence-corrected chi connectivity index (χ1v) is 12.7. The zero-order valence-electron chi connectivity index (χ0n) is 19.7. The second-order valence-corrected chi connectivity index (χ2v) is 10.1. The Morgan fingerprint density at radius 1 is 1.03 bits per heavy atom. The molecule has 0 saturated heterocycles. The first kappa shape index (κ1) is 26.3. The molecule has 2 rings (SSSR count). The summed E-state index contributed by atoms with van der Waals surface area (Å²) in [6.07, 6.45) is 1.02. The Bertz CT molecular complexity index is 1070. The Morgan fingerprint density at radius 2 is 1.64 bits per heavy atom. The largest absolute Gasteiger partial charge is 0.355 e. The molecule has 7 nitrogen and oxygen atoms in total. The van der Waals surface area contributed by atoms with E-state index in [-0.39, 0.29) is 18.0 Å². The number of nitrogens with one attached hydrogen (secondary N) is 1. The zero-order chi connectivity index (χ0) is 24.8. The molecule has 1 atom stereocenters. The van der Waals surface area contributed by atoms with E-state index < -0.39 is 40.2 Å². The maximum absolute atomic E-state index is 14.3. The van der Waals surface area contributed by atoms with Crippen LogP contribution in [-0.4, -0.2) is 50.5 Å². The van der Waals surface area contributed by atoms with Crippen LogP contribution in [0.3, 0.4) is 0 Å². The highest BCUT2D eigenvalue weighted by Gasteiger charge is 2.30. The molecule has 0 bridgehead atoms. The fraction of sp³-hybridized carbons (Fsp3) is 0.417. The van der Waals surface area contributed by atoms with Crippen LogP contribution in [0.2, 0.25) is 0 Å². The van der Waals surface area contributed by atoms with Crippen molar-refractivity contribution in [3.8, 4) is 0 Å². The second kappa shape index (κ2) is 11.3. The lowest BCUT2D eigenvalue weighted by atomic mass is 10.0. The third-order valence-corrected chi connectivity index (χ3v) is 6.48. The number of hydrogen-bond acceptors (Lipinski definition) is 4. The van der Waals surface area contributed by atoms with Crippen LogP contribution >= 0.6 is 0 Å². The Morgan fingerprint density at radius 3 is 2.15 bits per heavy atom. The minimum absolute atomic E-state index is 0.173. The predicted molar refractivity (Wildman–Crippen MR) is 128 cm³/mol. The summed E-state index contributed by atoms with van der Waals surface area (Å²) in [5, 5.41) is 2.65. The van der Waals surface area contributed by atoms with Gasteiger partial charge in [0, 0.05) is 18.7 Å². The van der Waals surface area contributed by atoms with E-state index >= 15 is 0 Å². The third kappa shape index (κ3) is 7.02. The van der Waals surface area contributed by atoms with Gasteiger partial charge in [-0.3, -0.25) is 13.9 Å². The molecule has 0 aliphatic carbocycles. The van der Waals surface area contributed by atoms with Gasteiger partial charge in [0.05, 0.1) is 11.9 Å². The molecule has 0 aliphatic rings. The summed E-state index contributed by atoms with van der Waals surface area (Å²) in [6.45, 7) is 7.01. The number of sulfonamides is 1. The Balaban J connectivity index is 2.39. The molecule has 2 aromatic carbocycles. The fourth-order valence-electron chi connectivity index (χ4n) is 3.35. The van der Waals surface area contributed by atoms with E-state index in [1.165, 1.54) is 30.0 Å². The maximum Gasteiger partial charge on any atom is 0.244 e. The van der Waals surface area contributed by atoms with Crippen LogP contribution in [0.25, 0.3) is 0 Å². The fourth-order valence-corrected chi connectivity index (χ4v) is 4.20. The summed E-state index contributed by atoms with van der Waals surface area (Å²) >= 11 is 0. The highest BCUT2D eigenvalue weighted by atomic mass is 32.2. The summed E-state index contributed by atoms with van der Waals surface area (Å²) in [4.78, 5) is 27.0. The van der Waals surface area contributed by atoms with Gasteiger partial charge in [-0.15, -0.1) is 0 Å². The number of benzene rings is 2. The van der Waals surface area contributed by atoms with Crippen molar-refractivity contribution in [2.24, 2.45) is 0 Å². The number of nitrogens with zero attached hydrogens (tertiary/aromatic N) is 2. The molecular weight excluding hydrogens is 445 g/mol. The number of rotatable bonds is 10. The number of carbonyl (C=O) groups is 2. The third-order valence-electron chi connectivity index (χ3n) is 5.34. The number of halogens is 1. The summed E-state index contributed by atoms with van der Waals surface area (Å²) < 4.78 is 40.4. The van der Waals surface area contributed by atoms with Crippen molar-refractivity contribution in [2.45, 2.75) is 46.2 Å². The summed E-state index contributed by atoms with van der Waals surface area (Å²) in [5.41, 5.74) is 1.60. The van der Waals surface area contributed by atoms with Crippen molar-refractivity contribution in [3.05, 3.63) is 65.5 Å². The van der Waals surface area contributed by atoms with Gasteiger partial charge in [0.1, 0.15) is 18.4 Å². The number of hydrogen-bond donors (Lipinski definition) is 1. The van der Waals surface area contributed by atoms with Crippen LogP contribution in [0.4, 0.5) is 10.1 Å². The van der Waals surface area contributed by atoms with Crippen LogP contribution in [0.1, 0.15) is 44.7 Å². The van der Waals surface area contributed by atoms with Gasteiger partial charge in [0.2, 0.25) is 21.8 Å². The molecule has 180 valence electrons. The SMILES string of the molecule is CCNC(=O)[C@H](C)N(Cc1ccccc1F)C(=O)CN(c1ccc(C(C)C)cc1)S(C)(=O)=O. The molecule has 0 aliphatic heterocycles. The van der Waals surface area contributed by atoms with Gasteiger partial charge >= 0.3 is 0 Å². The van der Waals surface area contributed by atoms with Gasteiger partial charge < -0.3 is 10.2 Å². The molecule has 0 fully saturated rings. The van der Waals surface area contributed by atoms with Crippen molar-refractivity contribution in [1.29, 1.82) is 0 Å². The summed E-state index contributed by atoms with van der Waals surface area (Å²) in [6, 6.07) is 12.0. The minimum Gasteiger partial charge on any atom is -0.355 e. The molecule has 0 aromatic heterocycles. The van der Waals surface area contributed by atoms with E-state index in [9.17, 15) is 22.4 Å². The van der Waals surface area contributed by atoms with Crippen LogP contribution in [0.5, 0.6) is 0 Å². The molecule has 0 heterocycles. The Labute approximate surface area is 195 Å². The van der Waals surface area contributed by atoms with Crippen molar-refractivity contribution < 1.29 is 22.4 Å². The number of anilines is 1. The van der Waals surface area contributed by atoms with Crippen LogP contribution in [0.15, 0.2) is 48.5 Å². The van der Waals surface area contributed by atoms with Gasteiger partial charge in [0.25, 0.3) is 0 Å². The van der Waals surface area contributed by atoms with E-state index in [1.807, 2.05) is 26.0 Å². The molecule has 9 heteroatoms. The molecule has 0 unspecified atom stereocenters. The molecule has 0 saturated carbocycles. The minimum atomic E-state index is -3.81. The van der Waals surface area contributed by atoms with Gasteiger partial charge in [-0.1, -0.05) is 44.2 Å². The number of likely N-dealkylation sites (N-methyl/N-ethyl adjacent to an activating group) is 1. The lowest BCUT2D eigenvalue weighted by Crippen LogP contribution is -2.51. The van der Waals surface area contributed by atoms with Crippen molar-refractivity contribution in [3.63, 3.8) is 0 Å². The highest BCUT2D eigenvalue weighted by Crippen LogP contribution is 2.23. The van der Waals surface area contributed by atoms with E-state index in [2.05, 4.69) is 5.32 Å². The maximum atomic E-state index is 14.3. The number of carbonyl (C=O) groups excluding carboxylic acids is 2. The lowest BCUT2D eigenvalue weighted by Gasteiger charge is -2.31. The van der Waals surface area contributed by atoms with E-state index in [0.717, 1.165) is 16.1 Å². The van der Waals surface area contributed by atoms with Gasteiger partial charge in [-0.05, 0) is 43.5 Å². The zero-order valence-corrected chi connectivity index (χ0v) is 20.5. The van der Waals surface area contributed by atoms with Gasteiger partial charge in [0.15, 0.2) is 0 Å². The predicted octanol–water partition coefficient (Wildman–Crippen LogP) is 3.27. The van der Waals surface area contributed by atoms with Gasteiger partial charge in [-0.2, -0.15) is 0 Å². The van der Waals surface area contributed by atoms with Crippen LogP contribution in [-0.2, 0) is 26.2 Å². The molecule has 0 spiro atoms. The average molecular weight is 478 g/mol. The quantitative estimate of drug-likeness (QED) is 0.569. The van der Waals surface area contributed by atoms with Crippen LogP contribution < -0.4 is 9.62 Å². The van der Waals surface area contributed by atoms with E-state index in [4.69, 9.17) is 0 Å². The van der Waals surface area contributed by atoms with E-state index in [1.54, 1.807) is 25.1 Å². The second-order valence-electron chi connectivity index (χ2n) is 8.20. The standard InChI is InChI=1S/C24H32FN3O4S/c1-6-26-24(30)18(4)27(15-20-9-7-8-10-22(20)25)23(29)16-28(33(5,31)32)21-13-11-19(12-14-21)17(2)3/h7-14,17-18H,6,15-16H2,1-5H3,(H,26,30)/t18-/m0/s1. The van der Waals surface area contributed by atoms with Gasteiger partial charge in [-0.25, -0.2) is 12.8 Å². The first-order chi connectivity index (χ1) is 15.5. The lowest BCUT2D eigenvalue weighted by molar-refractivity contribution is -0.139. The molecule has 0 radical (unpaired) electrons. The Kier molecular flexibility index (Phi) is 8.99. The monoisotopic (exact) mass is 477 g/mol. The summed E-state index contributed by atoms with van der Waals surface area (Å²) in [5.74, 6) is -1.27. The molecule has 33 heavy (non-hydrogen) atoms. The van der Waals surface area contributed by atoms with Crippen molar-refractivity contribution in [2.75, 3.05) is 23.7 Å². The topological polar surface area (TPSA) is 86.8 Å². The van der Waals surface area contributed by atoms with E-state index in [0.29, 0.717) is 12.2 Å². The van der Waals surface area contributed by atoms with Crippen molar-refractivity contribution in [1.82, 2.24) is 10.2 Å². The first-order valence-electron chi connectivity index (χ1n) is 10.8. The average Bonchev–Trinajstić information content (AvgIpc) is 2.75. The molecule has 2 aromatic rings. The molecule has 1 N–H and O–H groups in total. The smallest absolute Gasteiger partial charge is 0.244 e. The molecule has 2 amide bonds. The highest BCUT2D eigenvalue weighted by molar-refractivity contribution is 7.92. The van der Waals surface area contributed by atoms with Crippen molar-refractivity contribution >= 4 is 27.5 Å². The number of amides is 2. The normalized spacial score (nSPS) is 12.3. The molecular formula is C24H32FN3O4S.